The summed E-state index contributed by atoms with van der Waals surface area (Å²) >= 11 is 12.2. The number of rotatable bonds is 3. The molecule has 2 aliphatic heterocycles. The molecule has 1 aromatic carbocycles. The van der Waals surface area contributed by atoms with Crippen LogP contribution in [0.4, 0.5) is 10.5 Å². The van der Waals surface area contributed by atoms with Crippen LogP contribution in [0.2, 0.25) is 10.0 Å². The third-order valence-corrected chi connectivity index (χ3v) is 5.36. The molecule has 7 heteroatoms. The van der Waals surface area contributed by atoms with Crippen LogP contribution in [-0.4, -0.2) is 48.8 Å². The lowest BCUT2D eigenvalue weighted by molar-refractivity contribution is -0.0683. The second kappa shape index (κ2) is 7.48. The lowest BCUT2D eigenvalue weighted by Crippen LogP contribution is -2.48. The van der Waals surface area contributed by atoms with Crippen LogP contribution >= 0.6 is 23.2 Å². The van der Waals surface area contributed by atoms with Crippen LogP contribution in [0, 0.1) is 5.92 Å². The van der Waals surface area contributed by atoms with E-state index in [4.69, 9.17) is 27.9 Å². The molecule has 0 spiro atoms. The zero-order chi connectivity index (χ0) is 17.3. The average Bonchev–Trinajstić information content (AvgIpc) is 2.92. The molecular formula is C17H23Cl2N3O2. The average molecular weight is 372 g/mol. The normalized spacial score (nSPS) is 27.1. The second-order valence-corrected chi connectivity index (χ2v) is 7.67. The van der Waals surface area contributed by atoms with E-state index in [1.807, 2.05) is 0 Å². The van der Waals surface area contributed by atoms with Crippen LogP contribution in [0.1, 0.15) is 20.3 Å². The molecule has 1 aromatic rings. The Morgan fingerprint density at radius 3 is 2.67 bits per heavy atom. The summed E-state index contributed by atoms with van der Waals surface area (Å²) in [5.41, 5.74) is 0.442. The summed E-state index contributed by atoms with van der Waals surface area (Å²) in [7, 11) is 0. The van der Waals surface area contributed by atoms with Crippen molar-refractivity contribution in [3.8, 4) is 0 Å². The van der Waals surface area contributed by atoms with Crippen molar-refractivity contribution < 1.29 is 9.53 Å². The van der Waals surface area contributed by atoms with E-state index in [9.17, 15) is 4.79 Å². The van der Waals surface area contributed by atoms with Crippen LogP contribution in [0.15, 0.2) is 18.2 Å². The van der Waals surface area contributed by atoms with E-state index < -0.39 is 0 Å². The number of halogens is 2. The molecule has 24 heavy (non-hydrogen) atoms. The van der Waals surface area contributed by atoms with Gasteiger partial charge < -0.3 is 15.4 Å². The number of ether oxygens (including phenoxy) is 1. The smallest absolute Gasteiger partial charge is 0.319 e. The van der Waals surface area contributed by atoms with Crippen LogP contribution < -0.4 is 10.6 Å². The van der Waals surface area contributed by atoms with Crippen molar-refractivity contribution in [2.75, 3.05) is 25.0 Å². The molecule has 2 amide bonds. The quantitative estimate of drug-likeness (QED) is 0.852. The van der Waals surface area contributed by atoms with Crippen LogP contribution in [0.3, 0.4) is 0 Å². The number of para-hydroxylation sites is 1. The first-order valence-corrected chi connectivity index (χ1v) is 9.07. The number of fused-ring (bicyclic) bond motifs is 1. The van der Waals surface area contributed by atoms with E-state index in [2.05, 4.69) is 29.4 Å². The van der Waals surface area contributed by atoms with Crippen molar-refractivity contribution in [3.63, 3.8) is 0 Å². The topological polar surface area (TPSA) is 53.6 Å². The van der Waals surface area contributed by atoms with Gasteiger partial charge in [-0.3, -0.25) is 4.90 Å². The Morgan fingerprint density at radius 1 is 1.29 bits per heavy atom. The molecule has 3 rings (SSSR count). The molecule has 0 bridgehead atoms. The number of benzene rings is 1. The first-order chi connectivity index (χ1) is 11.4. The van der Waals surface area contributed by atoms with Gasteiger partial charge in [0, 0.05) is 25.2 Å². The van der Waals surface area contributed by atoms with Gasteiger partial charge in [-0.15, -0.1) is 0 Å². The highest BCUT2D eigenvalue weighted by Gasteiger charge is 2.38. The highest BCUT2D eigenvalue weighted by atomic mass is 35.5. The van der Waals surface area contributed by atoms with Crippen molar-refractivity contribution in [2.24, 2.45) is 5.92 Å². The Morgan fingerprint density at radius 2 is 2.00 bits per heavy atom. The van der Waals surface area contributed by atoms with Crippen LogP contribution in [-0.2, 0) is 4.74 Å². The van der Waals surface area contributed by atoms with E-state index in [-0.39, 0.29) is 18.2 Å². The monoisotopic (exact) mass is 371 g/mol. The van der Waals surface area contributed by atoms with Gasteiger partial charge in [0.2, 0.25) is 0 Å². The van der Waals surface area contributed by atoms with Crippen molar-refractivity contribution in [3.05, 3.63) is 28.2 Å². The maximum Gasteiger partial charge on any atom is 0.319 e. The number of morpholine rings is 1. The lowest BCUT2D eigenvalue weighted by Gasteiger charge is -2.36. The number of carbonyl (C=O) groups is 1. The highest BCUT2D eigenvalue weighted by Crippen LogP contribution is 2.30. The van der Waals surface area contributed by atoms with Gasteiger partial charge in [-0.05, 0) is 24.5 Å². The standard InChI is InChI=1S/C17H23Cl2N3O2/c1-10(2)15-8-22-7-11(6-12(22)9-24-15)20-17(23)21-16-13(18)4-3-5-14(16)19/h3-5,10-12,15H,6-9H2,1-2H3,(H2,20,21,23)/t11-,12-,15-/m0/s1. The molecule has 0 radical (unpaired) electrons. The minimum atomic E-state index is -0.281. The van der Waals surface area contributed by atoms with Gasteiger partial charge >= 0.3 is 6.03 Å². The summed E-state index contributed by atoms with van der Waals surface area (Å²) < 4.78 is 5.93. The molecule has 0 saturated carbocycles. The van der Waals surface area contributed by atoms with E-state index in [1.165, 1.54) is 0 Å². The maximum atomic E-state index is 12.3. The number of anilines is 1. The summed E-state index contributed by atoms with van der Waals surface area (Å²) in [5, 5.41) is 6.62. The van der Waals surface area contributed by atoms with Crippen molar-refractivity contribution in [2.45, 2.75) is 38.5 Å². The zero-order valence-electron chi connectivity index (χ0n) is 13.9. The molecule has 5 nitrogen and oxygen atoms in total. The Labute approximate surface area is 152 Å². The molecule has 0 aromatic heterocycles. The van der Waals surface area contributed by atoms with Gasteiger partial charge in [0.25, 0.3) is 0 Å². The fraction of sp³-hybridized carbons (Fsp3) is 0.588. The summed E-state index contributed by atoms with van der Waals surface area (Å²) in [4.78, 5) is 14.7. The van der Waals surface area contributed by atoms with Gasteiger partial charge in [-0.25, -0.2) is 4.79 Å². The van der Waals surface area contributed by atoms with Gasteiger partial charge in [0.05, 0.1) is 28.4 Å². The van der Waals surface area contributed by atoms with Gasteiger partial charge in [0.15, 0.2) is 0 Å². The number of amides is 2. The van der Waals surface area contributed by atoms with Gasteiger partial charge in [-0.2, -0.15) is 0 Å². The van der Waals surface area contributed by atoms with Crippen molar-refractivity contribution >= 4 is 34.9 Å². The number of urea groups is 1. The lowest BCUT2D eigenvalue weighted by atomic mass is 10.0. The summed E-state index contributed by atoms with van der Waals surface area (Å²) in [6.07, 6.45) is 1.17. The number of nitrogens with zero attached hydrogens (tertiary/aromatic N) is 1. The molecule has 0 aliphatic carbocycles. The molecule has 2 aliphatic rings. The van der Waals surface area contributed by atoms with E-state index in [0.29, 0.717) is 27.7 Å². The number of hydrogen-bond donors (Lipinski definition) is 2. The molecule has 3 atom stereocenters. The Bertz CT molecular complexity index is 591. The van der Waals surface area contributed by atoms with Crippen molar-refractivity contribution in [1.29, 1.82) is 0 Å². The predicted molar refractivity (Wildman–Crippen MR) is 97.0 cm³/mol. The number of nitrogens with one attached hydrogen (secondary N) is 2. The molecule has 2 fully saturated rings. The van der Waals surface area contributed by atoms with Crippen molar-refractivity contribution in [1.82, 2.24) is 10.2 Å². The Kier molecular flexibility index (Phi) is 5.55. The molecule has 2 heterocycles. The minimum Gasteiger partial charge on any atom is -0.375 e. The zero-order valence-corrected chi connectivity index (χ0v) is 15.4. The van der Waals surface area contributed by atoms with Crippen LogP contribution in [0.5, 0.6) is 0 Å². The largest absolute Gasteiger partial charge is 0.375 e. The first kappa shape index (κ1) is 17.8. The fourth-order valence-electron chi connectivity index (χ4n) is 3.36. The summed E-state index contributed by atoms with van der Waals surface area (Å²) in [6.45, 7) is 6.87. The molecule has 2 saturated heterocycles. The van der Waals surface area contributed by atoms with Gasteiger partial charge in [0.1, 0.15) is 0 Å². The van der Waals surface area contributed by atoms with Gasteiger partial charge in [-0.1, -0.05) is 43.1 Å². The second-order valence-electron chi connectivity index (χ2n) is 6.85. The summed E-state index contributed by atoms with van der Waals surface area (Å²) in [5.74, 6) is 0.503. The molecule has 2 N–H and O–H groups in total. The third-order valence-electron chi connectivity index (χ3n) is 4.73. The predicted octanol–water partition coefficient (Wildman–Crippen LogP) is 3.61. The SMILES string of the molecule is CC(C)[C@@H]1CN2C[C@@H](NC(=O)Nc3c(Cl)cccc3Cl)C[C@H]2CO1. The fourth-order valence-corrected chi connectivity index (χ4v) is 3.85. The first-order valence-electron chi connectivity index (χ1n) is 8.31. The van der Waals surface area contributed by atoms with Crippen LogP contribution in [0.25, 0.3) is 0 Å². The molecule has 132 valence electrons. The maximum absolute atomic E-state index is 12.3. The van der Waals surface area contributed by atoms with E-state index in [1.54, 1.807) is 18.2 Å². The highest BCUT2D eigenvalue weighted by molar-refractivity contribution is 6.39. The van der Waals surface area contributed by atoms with E-state index >= 15 is 0 Å². The number of carbonyl (C=O) groups excluding carboxylic acids is 1. The number of hydrogen-bond acceptors (Lipinski definition) is 3. The Balaban J connectivity index is 1.55. The Hall–Kier alpha value is -1.01. The summed E-state index contributed by atoms with van der Waals surface area (Å²) in [6, 6.07) is 5.34. The minimum absolute atomic E-state index is 0.103. The molecular weight excluding hydrogens is 349 g/mol. The molecule has 0 unspecified atom stereocenters. The van der Waals surface area contributed by atoms with E-state index in [0.717, 1.165) is 26.1 Å². The third kappa shape index (κ3) is 3.97.